The summed E-state index contributed by atoms with van der Waals surface area (Å²) in [7, 11) is 0. The molecule has 0 radical (unpaired) electrons. The van der Waals surface area contributed by atoms with Crippen molar-refractivity contribution >= 4 is 28.5 Å². The van der Waals surface area contributed by atoms with Gasteiger partial charge in [-0.1, -0.05) is 25.5 Å². The molecule has 0 unspecified atom stereocenters. The second-order valence-electron chi connectivity index (χ2n) is 6.24. The molecular formula is C20H16F3NO5. The predicted molar refractivity (Wildman–Crippen MR) is 98.2 cm³/mol. The van der Waals surface area contributed by atoms with E-state index in [2.05, 4.69) is 10.1 Å². The van der Waals surface area contributed by atoms with Crippen molar-refractivity contribution in [3.63, 3.8) is 0 Å². The van der Waals surface area contributed by atoms with E-state index in [0.29, 0.717) is 23.8 Å². The van der Waals surface area contributed by atoms with Crippen LogP contribution in [0.25, 0.3) is 11.0 Å². The lowest BCUT2D eigenvalue weighted by Crippen LogP contribution is -2.18. The van der Waals surface area contributed by atoms with Gasteiger partial charge in [0, 0.05) is 22.7 Å². The highest BCUT2D eigenvalue weighted by atomic mass is 19.4. The molecule has 152 valence electrons. The predicted octanol–water partition coefficient (Wildman–Crippen LogP) is 5.23. The Morgan fingerprint density at radius 3 is 2.55 bits per heavy atom. The monoisotopic (exact) mass is 407 g/mol. The Morgan fingerprint density at radius 2 is 1.90 bits per heavy atom. The summed E-state index contributed by atoms with van der Waals surface area (Å²) in [4.78, 5) is 23.4. The fourth-order valence-electron chi connectivity index (χ4n) is 2.81. The van der Waals surface area contributed by atoms with E-state index in [1.807, 2.05) is 6.92 Å². The Balaban J connectivity index is 1.85. The average Bonchev–Trinajstić information content (AvgIpc) is 3.06. The van der Waals surface area contributed by atoms with Gasteiger partial charge in [0.05, 0.1) is 0 Å². The number of nitrogens with one attached hydrogen (secondary N) is 1. The number of hydrogen-bond acceptors (Lipinski definition) is 4. The highest BCUT2D eigenvalue weighted by molar-refractivity contribution is 6.06. The maximum atomic E-state index is 12.7. The van der Waals surface area contributed by atoms with Crippen molar-refractivity contribution in [1.29, 1.82) is 0 Å². The Labute approximate surface area is 162 Å². The van der Waals surface area contributed by atoms with Gasteiger partial charge in [0.25, 0.3) is 5.91 Å². The van der Waals surface area contributed by atoms with Crippen molar-refractivity contribution < 1.29 is 37.0 Å². The van der Waals surface area contributed by atoms with E-state index in [9.17, 15) is 22.8 Å². The molecule has 1 aromatic heterocycles. The number of halogens is 3. The Morgan fingerprint density at radius 1 is 1.14 bits per heavy atom. The van der Waals surface area contributed by atoms with Gasteiger partial charge in [-0.3, -0.25) is 4.79 Å². The lowest BCUT2D eigenvalue weighted by Gasteiger charge is -2.15. The summed E-state index contributed by atoms with van der Waals surface area (Å²) in [6.07, 6.45) is -3.83. The van der Waals surface area contributed by atoms with E-state index in [4.69, 9.17) is 9.52 Å². The second kappa shape index (κ2) is 7.86. The number of alkyl halides is 3. The minimum Gasteiger partial charge on any atom is -0.475 e. The molecule has 2 N–H and O–H groups in total. The van der Waals surface area contributed by atoms with Gasteiger partial charge in [-0.05, 0) is 36.2 Å². The number of carboxylic acid groups (broad SMARTS) is 1. The summed E-state index contributed by atoms with van der Waals surface area (Å²) < 4.78 is 47.2. The molecule has 0 atom stereocenters. The van der Waals surface area contributed by atoms with E-state index in [1.54, 1.807) is 0 Å². The average molecular weight is 407 g/mol. The van der Waals surface area contributed by atoms with Crippen LogP contribution in [-0.2, 0) is 6.42 Å². The van der Waals surface area contributed by atoms with Crippen molar-refractivity contribution in [2.75, 3.05) is 5.32 Å². The van der Waals surface area contributed by atoms with Crippen LogP contribution in [0.4, 0.5) is 18.9 Å². The van der Waals surface area contributed by atoms with Crippen LogP contribution in [0, 0.1) is 0 Å². The third-order valence-electron chi connectivity index (χ3n) is 4.06. The molecule has 0 aliphatic carbocycles. The van der Waals surface area contributed by atoms with Gasteiger partial charge in [-0.2, -0.15) is 0 Å². The number of rotatable bonds is 6. The maximum absolute atomic E-state index is 12.7. The first-order valence-corrected chi connectivity index (χ1v) is 8.63. The molecule has 0 spiro atoms. The Kier molecular flexibility index (Phi) is 5.49. The van der Waals surface area contributed by atoms with Crippen LogP contribution >= 0.6 is 0 Å². The first-order valence-electron chi connectivity index (χ1n) is 8.63. The van der Waals surface area contributed by atoms with E-state index in [-0.39, 0.29) is 28.3 Å². The van der Waals surface area contributed by atoms with Gasteiger partial charge in [0.1, 0.15) is 11.3 Å². The third-order valence-corrected chi connectivity index (χ3v) is 4.06. The smallest absolute Gasteiger partial charge is 0.475 e. The van der Waals surface area contributed by atoms with Gasteiger partial charge in [-0.15, -0.1) is 13.2 Å². The number of carbonyl (C=O) groups is 2. The van der Waals surface area contributed by atoms with Crippen LogP contribution in [0.5, 0.6) is 5.75 Å². The van der Waals surface area contributed by atoms with Crippen LogP contribution < -0.4 is 10.1 Å². The number of carboxylic acids is 1. The van der Waals surface area contributed by atoms with E-state index in [0.717, 1.165) is 6.07 Å². The molecule has 0 bridgehead atoms. The van der Waals surface area contributed by atoms with E-state index in [1.165, 1.54) is 36.4 Å². The van der Waals surface area contributed by atoms with Crippen LogP contribution in [-0.4, -0.2) is 23.3 Å². The highest BCUT2D eigenvalue weighted by Crippen LogP contribution is 2.30. The lowest BCUT2D eigenvalue weighted by atomic mass is 10.1. The SMILES string of the molecule is CCCc1ccc(NC(=O)c2ccc3cc(C(=O)O)oc3c2)cc1OC(F)(F)F. The van der Waals surface area contributed by atoms with Crippen LogP contribution in [0.1, 0.15) is 39.8 Å². The maximum Gasteiger partial charge on any atom is 0.573 e. The lowest BCUT2D eigenvalue weighted by molar-refractivity contribution is -0.274. The summed E-state index contributed by atoms with van der Waals surface area (Å²) >= 11 is 0. The molecule has 29 heavy (non-hydrogen) atoms. The van der Waals surface area contributed by atoms with Crippen LogP contribution in [0.2, 0.25) is 0 Å². The summed E-state index contributed by atoms with van der Waals surface area (Å²) in [5, 5.41) is 12.0. The number of furan rings is 1. The fourth-order valence-corrected chi connectivity index (χ4v) is 2.81. The summed E-state index contributed by atoms with van der Waals surface area (Å²) in [5.74, 6) is -2.47. The van der Waals surface area contributed by atoms with Gasteiger partial charge < -0.3 is 19.6 Å². The molecule has 0 saturated carbocycles. The number of hydrogen-bond donors (Lipinski definition) is 2. The molecule has 0 aliphatic heterocycles. The van der Waals surface area contributed by atoms with Crippen molar-refractivity contribution in [2.45, 2.75) is 26.1 Å². The minimum atomic E-state index is -4.85. The third kappa shape index (κ3) is 4.87. The summed E-state index contributed by atoms with van der Waals surface area (Å²) in [6, 6.07) is 9.72. The zero-order valence-electron chi connectivity index (χ0n) is 15.2. The number of fused-ring (bicyclic) bond motifs is 1. The normalized spacial score (nSPS) is 11.4. The van der Waals surface area contributed by atoms with Gasteiger partial charge in [0.15, 0.2) is 0 Å². The first-order chi connectivity index (χ1) is 13.7. The zero-order chi connectivity index (χ0) is 21.2. The number of aryl methyl sites for hydroxylation is 1. The van der Waals surface area contributed by atoms with E-state index >= 15 is 0 Å². The van der Waals surface area contributed by atoms with Crippen LogP contribution in [0.3, 0.4) is 0 Å². The number of ether oxygens (including phenoxy) is 1. The molecule has 1 amide bonds. The molecular weight excluding hydrogens is 391 g/mol. The van der Waals surface area contributed by atoms with Gasteiger partial charge >= 0.3 is 12.3 Å². The van der Waals surface area contributed by atoms with Crippen molar-refractivity contribution in [3.05, 3.63) is 59.4 Å². The molecule has 2 aromatic carbocycles. The number of carbonyl (C=O) groups excluding carboxylic acids is 1. The Hall–Kier alpha value is -3.49. The Bertz CT molecular complexity index is 1070. The first kappa shape index (κ1) is 20.2. The fraction of sp³-hybridized carbons (Fsp3) is 0.200. The molecule has 1 heterocycles. The molecule has 0 fully saturated rings. The highest BCUT2D eigenvalue weighted by Gasteiger charge is 2.32. The number of benzene rings is 2. The molecule has 3 rings (SSSR count). The van der Waals surface area contributed by atoms with Gasteiger partial charge in [-0.25, -0.2) is 4.79 Å². The van der Waals surface area contributed by atoms with Crippen LogP contribution in [0.15, 0.2) is 46.9 Å². The number of aromatic carboxylic acids is 1. The number of amides is 1. The summed E-state index contributed by atoms with van der Waals surface area (Å²) in [6.45, 7) is 1.83. The zero-order valence-corrected chi connectivity index (χ0v) is 15.2. The molecule has 0 saturated heterocycles. The van der Waals surface area contributed by atoms with Gasteiger partial charge in [0.2, 0.25) is 5.76 Å². The summed E-state index contributed by atoms with van der Waals surface area (Å²) in [5.41, 5.74) is 0.857. The minimum absolute atomic E-state index is 0.125. The standard InChI is InChI=1S/C20H16F3NO5/c1-2-3-11-6-7-14(10-16(11)29-20(21,22)23)24-18(25)13-5-4-12-8-17(19(26)27)28-15(12)9-13/h4-10H,2-3H2,1H3,(H,24,25)(H,26,27). The molecule has 0 aliphatic rings. The molecule has 6 nitrogen and oxygen atoms in total. The van der Waals surface area contributed by atoms with Crippen molar-refractivity contribution in [2.24, 2.45) is 0 Å². The quantitative estimate of drug-likeness (QED) is 0.584. The molecule has 9 heteroatoms. The molecule has 3 aromatic rings. The van der Waals surface area contributed by atoms with Crippen molar-refractivity contribution in [3.8, 4) is 5.75 Å². The second-order valence-corrected chi connectivity index (χ2v) is 6.24. The van der Waals surface area contributed by atoms with Crippen molar-refractivity contribution in [1.82, 2.24) is 0 Å². The topological polar surface area (TPSA) is 88.8 Å². The van der Waals surface area contributed by atoms with E-state index < -0.39 is 18.2 Å². The number of anilines is 1. The largest absolute Gasteiger partial charge is 0.573 e.